The predicted octanol–water partition coefficient (Wildman–Crippen LogP) is 4.97. The van der Waals surface area contributed by atoms with Crippen LogP contribution in [0.5, 0.6) is 5.88 Å². The predicted molar refractivity (Wildman–Crippen MR) is 137 cm³/mol. The third kappa shape index (κ3) is 4.57. The molecule has 6 rings (SSSR count). The Balaban J connectivity index is 1.11. The highest BCUT2D eigenvalue weighted by Crippen LogP contribution is 2.35. The molecule has 1 aromatic carbocycles. The Kier molecular flexibility index (Phi) is 5.90. The van der Waals surface area contributed by atoms with Crippen molar-refractivity contribution in [3.8, 4) is 17.3 Å². The zero-order chi connectivity index (χ0) is 24.5. The molecule has 11 heteroatoms. The summed E-state index contributed by atoms with van der Waals surface area (Å²) in [7, 11) is 0. The van der Waals surface area contributed by atoms with Crippen molar-refractivity contribution in [1.29, 1.82) is 0 Å². The van der Waals surface area contributed by atoms with Crippen LogP contribution >= 0.6 is 11.3 Å². The van der Waals surface area contributed by atoms with Gasteiger partial charge >= 0.3 is 0 Å². The number of aromatic nitrogens is 5. The van der Waals surface area contributed by atoms with E-state index in [2.05, 4.69) is 35.7 Å². The molecule has 4 heterocycles. The van der Waals surface area contributed by atoms with E-state index in [4.69, 9.17) is 9.26 Å². The van der Waals surface area contributed by atoms with Gasteiger partial charge < -0.3 is 19.9 Å². The zero-order valence-electron chi connectivity index (χ0n) is 19.5. The Morgan fingerprint density at radius 1 is 1.17 bits per heavy atom. The summed E-state index contributed by atoms with van der Waals surface area (Å²) in [6.45, 7) is 2.16. The summed E-state index contributed by atoms with van der Waals surface area (Å²) >= 11 is 1.38. The number of nitrogens with zero attached hydrogens (tertiary/aromatic N) is 5. The van der Waals surface area contributed by atoms with E-state index < -0.39 is 0 Å². The van der Waals surface area contributed by atoms with Crippen LogP contribution < -0.4 is 15.4 Å². The van der Waals surface area contributed by atoms with Crippen molar-refractivity contribution in [1.82, 2.24) is 25.1 Å². The van der Waals surface area contributed by atoms with Gasteiger partial charge in [0.05, 0.1) is 5.52 Å². The summed E-state index contributed by atoms with van der Waals surface area (Å²) in [6, 6.07) is 9.66. The summed E-state index contributed by atoms with van der Waals surface area (Å²) in [5, 5.41) is 12.6. The van der Waals surface area contributed by atoms with Gasteiger partial charge in [-0.3, -0.25) is 4.79 Å². The van der Waals surface area contributed by atoms with E-state index in [1.54, 1.807) is 19.3 Å². The van der Waals surface area contributed by atoms with Gasteiger partial charge in [0.15, 0.2) is 5.13 Å². The van der Waals surface area contributed by atoms with E-state index in [-0.39, 0.29) is 18.4 Å². The van der Waals surface area contributed by atoms with E-state index in [1.807, 2.05) is 30.3 Å². The Labute approximate surface area is 210 Å². The first kappa shape index (κ1) is 22.4. The Morgan fingerprint density at radius 3 is 2.86 bits per heavy atom. The number of aryl methyl sites for hydroxylation is 1. The molecule has 0 saturated heterocycles. The SMILES string of the molecule is Cc1nc(-c2ccc3ccnc(NCCC(=O)Nc4nc5ccnc(OC6CCC6)c5s4)c3c2)no1. The van der Waals surface area contributed by atoms with E-state index >= 15 is 0 Å². The average molecular weight is 502 g/mol. The third-order valence-electron chi connectivity index (χ3n) is 6.05. The lowest BCUT2D eigenvalue weighted by molar-refractivity contribution is -0.115. The number of hydrogen-bond donors (Lipinski definition) is 2. The van der Waals surface area contributed by atoms with E-state index in [0.717, 1.165) is 39.4 Å². The van der Waals surface area contributed by atoms with Crippen LogP contribution in [0.3, 0.4) is 0 Å². The number of benzene rings is 1. The number of fused-ring (bicyclic) bond motifs is 2. The van der Waals surface area contributed by atoms with Gasteiger partial charge in [-0.1, -0.05) is 28.6 Å². The van der Waals surface area contributed by atoms with Crippen LogP contribution in [-0.2, 0) is 4.79 Å². The quantitative estimate of drug-likeness (QED) is 0.303. The highest BCUT2D eigenvalue weighted by atomic mass is 32.1. The molecular weight excluding hydrogens is 478 g/mol. The first-order valence-electron chi connectivity index (χ1n) is 11.8. The van der Waals surface area contributed by atoms with Crippen LogP contribution in [0, 0.1) is 6.92 Å². The summed E-state index contributed by atoms with van der Waals surface area (Å²) < 4.78 is 11.9. The molecule has 0 spiro atoms. The van der Waals surface area contributed by atoms with Crippen LogP contribution in [0.1, 0.15) is 31.6 Å². The summed E-state index contributed by atoms with van der Waals surface area (Å²) in [6.07, 6.45) is 7.20. The molecule has 1 aliphatic carbocycles. The van der Waals surface area contributed by atoms with Crippen molar-refractivity contribution in [2.45, 2.75) is 38.7 Å². The van der Waals surface area contributed by atoms with Crippen molar-refractivity contribution in [2.75, 3.05) is 17.2 Å². The number of nitrogens with one attached hydrogen (secondary N) is 2. The fraction of sp³-hybridized carbons (Fsp3) is 0.280. The van der Waals surface area contributed by atoms with E-state index in [9.17, 15) is 4.79 Å². The number of amides is 1. The molecule has 10 nitrogen and oxygen atoms in total. The van der Waals surface area contributed by atoms with Crippen LogP contribution in [0.2, 0.25) is 0 Å². The summed E-state index contributed by atoms with van der Waals surface area (Å²) in [4.78, 5) is 30.3. The lowest BCUT2D eigenvalue weighted by atomic mass is 9.96. The molecule has 5 aromatic rings. The molecule has 0 bridgehead atoms. The zero-order valence-corrected chi connectivity index (χ0v) is 20.3. The number of rotatable bonds is 8. The highest BCUT2D eigenvalue weighted by molar-refractivity contribution is 7.22. The Morgan fingerprint density at radius 2 is 2.06 bits per heavy atom. The molecule has 1 fully saturated rings. The van der Waals surface area contributed by atoms with Gasteiger partial charge in [-0.2, -0.15) is 4.98 Å². The third-order valence-corrected chi connectivity index (χ3v) is 7.02. The first-order valence-corrected chi connectivity index (χ1v) is 12.6. The second kappa shape index (κ2) is 9.50. The normalized spacial score (nSPS) is 13.6. The number of thiazole rings is 1. The molecule has 2 N–H and O–H groups in total. The van der Waals surface area contributed by atoms with Crippen LogP contribution in [0.25, 0.3) is 32.4 Å². The van der Waals surface area contributed by atoms with Crippen molar-refractivity contribution < 1.29 is 14.1 Å². The molecule has 182 valence electrons. The molecule has 4 aromatic heterocycles. The van der Waals surface area contributed by atoms with Crippen LogP contribution in [0.4, 0.5) is 10.9 Å². The average Bonchev–Trinajstić information content (AvgIpc) is 3.47. The number of ether oxygens (including phenoxy) is 1. The molecule has 0 atom stereocenters. The minimum absolute atomic E-state index is 0.140. The fourth-order valence-electron chi connectivity index (χ4n) is 3.96. The lowest BCUT2D eigenvalue weighted by Gasteiger charge is -2.25. The van der Waals surface area contributed by atoms with Gasteiger partial charge in [-0.05, 0) is 42.8 Å². The number of hydrogen-bond acceptors (Lipinski definition) is 10. The summed E-state index contributed by atoms with van der Waals surface area (Å²) in [5.74, 6) is 2.17. The Hall–Kier alpha value is -4.12. The van der Waals surface area contributed by atoms with Crippen molar-refractivity contribution in [2.24, 2.45) is 0 Å². The molecular formula is C25H23N7O3S. The molecule has 0 radical (unpaired) electrons. The molecule has 36 heavy (non-hydrogen) atoms. The molecule has 1 aliphatic rings. The van der Waals surface area contributed by atoms with Crippen molar-refractivity contribution in [3.63, 3.8) is 0 Å². The molecule has 0 aliphatic heterocycles. The van der Waals surface area contributed by atoms with Gasteiger partial charge in [0.25, 0.3) is 0 Å². The minimum atomic E-state index is -0.140. The maximum Gasteiger partial charge on any atom is 0.233 e. The number of carbonyl (C=O) groups is 1. The largest absolute Gasteiger partial charge is 0.473 e. The molecule has 1 saturated carbocycles. The van der Waals surface area contributed by atoms with Gasteiger partial charge in [0, 0.05) is 43.2 Å². The number of carbonyl (C=O) groups excluding carboxylic acids is 1. The lowest BCUT2D eigenvalue weighted by Crippen LogP contribution is -2.24. The number of pyridine rings is 2. The van der Waals surface area contributed by atoms with Crippen LogP contribution in [0.15, 0.2) is 47.2 Å². The minimum Gasteiger partial charge on any atom is -0.473 e. The van der Waals surface area contributed by atoms with Gasteiger partial charge in [0.1, 0.15) is 16.6 Å². The molecule has 1 amide bonds. The first-order chi connectivity index (χ1) is 17.6. The second-order valence-electron chi connectivity index (χ2n) is 8.61. The maximum absolute atomic E-state index is 12.6. The fourth-order valence-corrected chi connectivity index (χ4v) is 4.87. The van der Waals surface area contributed by atoms with E-state index in [0.29, 0.717) is 35.1 Å². The standard InChI is InChI=1S/C25H23N7O3S/c1-14-29-22(32-35-14)16-6-5-15-7-10-26-23(18(15)13-16)27-12-9-20(33)31-25-30-19-8-11-28-24(21(19)36-25)34-17-3-2-4-17/h5-8,10-11,13,17H,2-4,9,12H2,1H3,(H,26,27)(H,30,31,33). The van der Waals surface area contributed by atoms with Gasteiger partial charge in [-0.15, -0.1) is 0 Å². The van der Waals surface area contributed by atoms with Crippen molar-refractivity contribution >= 4 is 49.2 Å². The smallest absolute Gasteiger partial charge is 0.233 e. The van der Waals surface area contributed by atoms with Crippen LogP contribution in [-0.4, -0.2) is 43.6 Å². The number of anilines is 2. The molecule has 0 unspecified atom stereocenters. The Bertz CT molecular complexity index is 1560. The second-order valence-corrected chi connectivity index (χ2v) is 9.61. The summed E-state index contributed by atoms with van der Waals surface area (Å²) in [5.41, 5.74) is 1.60. The maximum atomic E-state index is 12.6. The topological polar surface area (TPSA) is 128 Å². The highest BCUT2D eigenvalue weighted by Gasteiger charge is 2.22. The van der Waals surface area contributed by atoms with E-state index in [1.165, 1.54) is 17.8 Å². The van der Waals surface area contributed by atoms with Gasteiger partial charge in [0.2, 0.25) is 23.5 Å². The monoisotopic (exact) mass is 501 g/mol. The van der Waals surface area contributed by atoms with Crippen molar-refractivity contribution in [3.05, 3.63) is 48.6 Å². The van der Waals surface area contributed by atoms with Gasteiger partial charge in [-0.25, -0.2) is 15.0 Å².